The van der Waals surface area contributed by atoms with Crippen molar-refractivity contribution in [3.8, 4) is 5.75 Å². The molecule has 10 heteroatoms. The average Bonchev–Trinajstić information content (AvgIpc) is 3.09. The van der Waals surface area contributed by atoms with Crippen LogP contribution in [0.25, 0.3) is 0 Å². The summed E-state index contributed by atoms with van der Waals surface area (Å²) in [6.07, 6.45) is 1.90. The molecule has 172 valence electrons. The number of hydrogen-bond acceptors (Lipinski definition) is 6. The number of rotatable bonds is 9. The molecule has 0 fully saturated rings. The standard InChI is InChI=1S/C22H27N3O5S2/c1-5-6-16-30-20-12-14-21(15-13-20)31(26,27)25-18(3)22(17(2)23-25)32(28,29)24(4)19-10-8-7-9-11-19/h7-15H,5-6,16H2,1-4H3. The van der Waals surface area contributed by atoms with Gasteiger partial charge in [-0.15, -0.1) is 0 Å². The van der Waals surface area contributed by atoms with Gasteiger partial charge < -0.3 is 4.74 Å². The Bertz CT molecular complexity index is 1280. The third kappa shape index (κ3) is 4.51. The Morgan fingerprint density at radius 3 is 2.19 bits per heavy atom. The molecular weight excluding hydrogens is 450 g/mol. The summed E-state index contributed by atoms with van der Waals surface area (Å²) in [4.78, 5) is -0.141. The van der Waals surface area contributed by atoms with Gasteiger partial charge in [0.2, 0.25) is 0 Å². The Morgan fingerprint density at radius 2 is 1.59 bits per heavy atom. The van der Waals surface area contributed by atoms with Crippen molar-refractivity contribution in [3.05, 3.63) is 66.0 Å². The molecular formula is C22H27N3O5S2. The lowest BCUT2D eigenvalue weighted by Gasteiger charge is -2.19. The van der Waals surface area contributed by atoms with Crippen LogP contribution < -0.4 is 9.04 Å². The third-order valence-corrected chi connectivity index (χ3v) is 8.76. The number of ether oxygens (including phenoxy) is 1. The van der Waals surface area contributed by atoms with E-state index in [0.717, 1.165) is 21.2 Å². The van der Waals surface area contributed by atoms with Crippen LogP contribution in [-0.4, -0.2) is 39.7 Å². The maximum atomic E-state index is 13.3. The van der Waals surface area contributed by atoms with E-state index in [1.807, 2.05) is 0 Å². The summed E-state index contributed by atoms with van der Waals surface area (Å²) in [5.74, 6) is 0.568. The monoisotopic (exact) mass is 477 g/mol. The van der Waals surface area contributed by atoms with Gasteiger partial charge in [-0.25, -0.2) is 8.42 Å². The van der Waals surface area contributed by atoms with Gasteiger partial charge in [-0.1, -0.05) is 31.5 Å². The van der Waals surface area contributed by atoms with E-state index in [0.29, 0.717) is 18.0 Å². The molecule has 0 spiro atoms. The summed E-state index contributed by atoms with van der Waals surface area (Å²) < 4.78 is 60.5. The predicted molar refractivity (Wildman–Crippen MR) is 123 cm³/mol. The normalized spacial score (nSPS) is 12.0. The Labute approximate surface area is 189 Å². The van der Waals surface area contributed by atoms with Crippen molar-refractivity contribution in [2.45, 2.75) is 43.4 Å². The number of aryl methyl sites for hydroxylation is 1. The van der Waals surface area contributed by atoms with Gasteiger partial charge in [-0.3, -0.25) is 4.31 Å². The van der Waals surface area contributed by atoms with Crippen molar-refractivity contribution in [2.75, 3.05) is 18.0 Å². The highest BCUT2D eigenvalue weighted by molar-refractivity contribution is 7.93. The zero-order valence-corrected chi connectivity index (χ0v) is 20.1. The van der Waals surface area contributed by atoms with Crippen molar-refractivity contribution < 1.29 is 21.6 Å². The van der Waals surface area contributed by atoms with Gasteiger partial charge >= 0.3 is 0 Å². The van der Waals surface area contributed by atoms with Gasteiger partial charge in [0.1, 0.15) is 10.6 Å². The highest BCUT2D eigenvalue weighted by Gasteiger charge is 2.32. The number of unbranched alkanes of at least 4 members (excludes halogenated alkanes) is 1. The van der Waals surface area contributed by atoms with Crippen LogP contribution in [0.4, 0.5) is 5.69 Å². The molecule has 8 nitrogen and oxygen atoms in total. The molecule has 32 heavy (non-hydrogen) atoms. The highest BCUT2D eigenvalue weighted by Crippen LogP contribution is 2.29. The molecule has 0 aliphatic carbocycles. The minimum Gasteiger partial charge on any atom is -0.494 e. The van der Waals surface area contributed by atoms with Crippen LogP contribution in [0, 0.1) is 13.8 Å². The number of para-hydroxylation sites is 1. The quantitative estimate of drug-likeness (QED) is 0.436. The molecule has 0 saturated heterocycles. The topological polar surface area (TPSA) is 98.6 Å². The molecule has 0 aliphatic heterocycles. The second-order valence-corrected chi connectivity index (χ2v) is 11.0. The zero-order chi connectivity index (χ0) is 23.5. The molecule has 0 unspecified atom stereocenters. The first-order valence-electron chi connectivity index (χ1n) is 10.2. The minimum absolute atomic E-state index is 0.00805. The van der Waals surface area contributed by atoms with Gasteiger partial charge in [0.05, 0.1) is 28.6 Å². The minimum atomic E-state index is -4.10. The maximum absolute atomic E-state index is 13.3. The molecule has 0 saturated carbocycles. The van der Waals surface area contributed by atoms with Crippen LogP contribution in [0.2, 0.25) is 0 Å². The Balaban J connectivity index is 1.97. The molecule has 0 radical (unpaired) electrons. The van der Waals surface area contributed by atoms with Crippen molar-refractivity contribution in [1.82, 2.24) is 9.19 Å². The van der Waals surface area contributed by atoms with Crippen LogP contribution in [-0.2, 0) is 20.0 Å². The van der Waals surface area contributed by atoms with E-state index in [9.17, 15) is 16.8 Å². The predicted octanol–water partition coefficient (Wildman–Crippen LogP) is 3.74. The lowest BCUT2D eigenvalue weighted by Crippen LogP contribution is -2.27. The Kier molecular flexibility index (Phi) is 6.94. The molecule has 3 aromatic rings. The van der Waals surface area contributed by atoms with Gasteiger partial charge in [0, 0.05) is 7.05 Å². The number of nitrogens with zero attached hydrogens (tertiary/aromatic N) is 3. The average molecular weight is 478 g/mol. The summed E-state index contributed by atoms with van der Waals surface area (Å²) in [6.45, 7) is 5.52. The van der Waals surface area contributed by atoms with Crippen LogP contribution in [0.15, 0.2) is 64.4 Å². The molecule has 1 heterocycles. The van der Waals surface area contributed by atoms with Crippen LogP contribution in [0.5, 0.6) is 5.75 Å². The first kappa shape index (κ1) is 23.8. The SMILES string of the molecule is CCCCOc1ccc(S(=O)(=O)n2nc(C)c(S(=O)(=O)N(C)c3ccccc3)c2C)cc1. The molecule has 0 bridgehead atoms. The number of benzene rings is 2. The van der Waals surface area contributed by atoms with Gasteiger partial charge in [0.15, 0.2) is 0 Å². The van der Waals surface area contributed by atoms with E-state index < -0.39 is 20.0 Å². The Hall–Kier alpha value is -2.85. The highest BCUT2D eigenvalue weighted by atomic mass is 32.2. The van der Waals surface area contributed by atoms with Crippen LogP contribution in [0.1, 0.15) is 31.2 Å². The fourth-order valence-corrected chi connectivity index (χ4v) is 6.23. The summed E-state index contributed by atoms with van der Waals surface area (Å²) in [5.41, 5.74) is 0.586. The van der Waals surface area contributed by atoms with E-state index in [-0.39, 0.29) is 21.2 Å². The molecule has 1 aromatic heterocycles. The van der Waals surface area contributed by atoms with Crippen molar-refractivity contribution in [3.63, 3.8) is 0 Å². The molecule has 2 aromatic carbocycles. The van der Waals surface area contributed by atoms with E-state index in [2.05, 4.69) is 12.0 Å². The first-order valence-corrected chi connectivity index (χ1v) is 13.1. The lowest BCUT2D eigenvalue weighted by atomic mass is 10.3. The molecule has 0 N–H and O–H groups in total. The van der Waals surface area contributed by atoms with Gasteiger partial charge in [0.25, 0.3) is 20.0 Å². The fourth-order valence-electron chi connectivity index (χ4n) is 3.27. The molecule has 0 amide bonds. The number of sulfonamides is 1. The lowest BCUT2D eigenvalue weighted by molar-refractivity contribution is 0.309. The zero-order valence-electron chi connectivity index (χ0n) is 18.5. The number of aromatic nitrogens is 2. The van der Waals surface area contributed by atoms with Gasteiger partial charge in [-0.2, -0.15) is 17.6 Å². The summed E-state index contributed by atoms with van der Waals surface area (Å²) in [6, 6.07) is 14.6. The summed E-state index contributed by atoms with van der Waals surface area (Å²) in [7, 11) is -6.70. The second-order valence-electron chi connectivity index (χ2n) is 7.33. The molecule has 0 aliphatic rings. The summed E-state index contributed by atoms with van der Waals surface area (Å²) >= 11 is 0. The Morgan fingerprint density at radius 1 is 0.969 bits per heavy atom. The van der Waals surface area contributed by atoms with Crippen molar-refractivity contribution in [1.29, 1.82) is 0 Å². The maximum Gasteiger partial charge on any atom is 0.283 e. The van der Waals surface area contributed by atoms with E-state index >= 15 is 0 Å². The smallest absolute Gasteiger partial charge is 0.283 e. The number of anilines is 1. The van der Waals surface area contributed by atoms with Crippen molar-refractivity contribution >= 4 is 25.7 Å². The second kappa shape index (κ2) is 9.33. The largest absolute Gasteiger partial charge is 0.494 e. The van der Waals surface area contributed by atoms with Gasteiger partial charge in [-0.05, 0) is 56.7 Å². The summed E-state index contributed by atoms with van der Waals surface area (Å²) in [5, 5.41) is 4.08. The fraction of sp³-hybridized carbons (Fsp3) is 0.318. The first-order chi connectivity index (χ1) is 15.1. The van der Waals surface area contributed by atoms with Crippen LogP contribution >= 0.6 is 0 Å². The van der Waals surface area contributed by atoms with E-state index in [1.165, 1.54) is 33.0 Å². The van der Waals surface area contributed by atoms with Crippen molar-refractivity contribution in [2.24, 2.45) is 0 Å². The molecule has 3 rings (SSSR count). The van der Waals surface area contributed by atoms with Crippen LogP contribution in [0.3, 0.4) is 0 Å². The van der Waals surface area contributed by atoms with E-state index in [1.54, 1.807) is 42.5 Å². The van der Waals surface area contributed by atoms with E-state index in [4.69, 9.17) is 4.74 Å². The third-order valence-electron chi connectivity index (χ3n) is 5.04. The molecule has 0 atom stereocenters. The number of hydrogen-bond donors (Lipinski definition) is 0.